The van der Waals surface area contributed by atoms with Gasteiger partial charge in [0.2, 0.25) is 6.79 Å². The van der Waals surface area contributed by atoms with Crippen molar-refractivity contribution in [3.63, 3.8) is 0 Å². The van der Waals surface area contributed by atoms with Gasteiger partial charge in [-0.1, -0.05) is 42.8 Å². The van der Waals surface area contributed by atoms with Crippen molar-refractivity contribution in [1.82, 2.24) is 0 Å². The molecule has 2 aromatic rings. The molecule has 4 N–H and O–H groups in total. The maximum absolute atomic E-state index is 10.6. The SMILES string of the molecule is CCc1ccc(Cc2cc([C@H]3O[C@@H](CO)[C@H](O)[C@@H](O)[C@@H]3O)c3c(c2Cl)OCO3)cc1. The average molecular weight is 437 g/mol. The van der Waals surface area contributed by atoms with Crippen LogP contribution in [0.3, 0.4) is 0 Å². The Morgan fingerprint density at radius 3 is 2.30 bits per heavy atom. The van der Waals surface area contributed by atoms with Crippen LogP contribution in [-0.2, 0) is 17.6 Å². The summed E-state index contributed by atoms with van der Waals surface area (Å²) in [5.74, 6) is 0.681. The van der Waals surface area contributed by atoms with Gasteiger partial charge in [0.15, 0.2) is 11.5 Å². The summed E-state index contributed by atoms with van der Waals surface area (Å²) in [6, 6.07) is 9.96. The lowest BCUT2D eigenvalue weighted by atomic mass is 9.89. The lowest BCUT2D eigenvalue weighted by Gasteiger charge is -2.40. The van der Waals surface area contributed by atoms with E-state index in [4.69, 9.17) is 25.8 Å². The highest BCUT2D eigenvalue weighted by Gasteiger charge is 2.46. The number of halogens is 1. The van der Waals surface area contributed by atoms with Crippen molar-refractivity contribution >= 4 is 11.6 Å². The van der Waals surface area contributed by atoms with Crippen molar-refractivity contribution in [2.75, 3.05) is 13.4 Å². The van der Waals surface area contributed by atoms with Crippen LogP contribution < -0.4 is 9.47 Å². The van der Waals surface area contributed by atoms with E-state index in [1.807, 2.05) is 12.1 Å². The highest BCUT2D eigenvalue weighted by Crippen LogP contribution is 2.49. The Morgan fingerprint density at radius 1 is 0.967 bits per heavy atom. The Morgan fingerprint density at radius 2 is 1.63 bits per heavy atom. The fourth-order valence-corrected chi connectivity index (χ4v) is 4.19. The number of aryl methyl sites for hydroxylation is 1. The van der Waals surface area contributed by atoms with Crippen LogP contribution in [0.25, 0.3) is 0 Å². The van der Waals surface area contributed by atoms with Gasteiger partial charge >= 0.3 is 0 Å². The first-order chi connectivity index (χ1) is 14.4. The van der Waals surface area contributed by atoms with Gasteiger partial charge in [-0.3, -0.25) is 0 Å². The zero-order valence-electron chi connectivity index (χ0n) is 16.5. The molecule has 0 unspecified atom stereocenters. The average Bonchev–Trinajstić information content (AvgIpc) is 3.26. The number of hydrogen-bond donors (Lipinski definition) is 4. The molecule has 0 saturated carbocycles. The summed E-state index contributed by atoms with van der Waals surface area (Å²) in [4.78, 5) is 0. The van der Waals surface area contributed by atoms with Crippen LogP contribution in [0, 0.1) is 0 Å². The van der Waals surface area contributed by atoms with Crippen molar-refractivity contribution in [2.45, 2.75) is 50.3 Å². The van der Waals surface area contributed by atoms with E-state index in [0.29, 0.717) is 28.5 Å². The summed E-state index contributed by atoms with van der Waals surface area (Å²) in [6.45, 7) is 1.55. The second kappa shape index (κ2) is 8.70. The first-order valence-corrected chi connectivity index (χ1v) is 10.3. The number of hydrogen-bond acceptors (Lipinski definition) is 7. The van der Waals surface area contributed by atoms with Crippen LogP contribution in [0.15, 0.2) is 30.3 Å². The Labute approximate surface area is 179 Å². The molecule has 0 aliphatic carbocycles. The van der Waals surface area contributed by atoms with Crippen LogP contribution in [0.5, 0.6) is 11.5 Å². The fraction of sp³-hybridized carbons (Fsp3) is 0.455. The third-order valence-corrected chi connectivity index (χ3v) is 6.12. The molecule has 1 saturated heterocycles. The van der Waals surface area contributed by atoms with Gasteiger partial charge in [-0.25, -0.2) is 0 Å². The van der Waals surface area contributed by atoms with Gasteiger partial charge in [0, 0.05) is 5.56 Å². The lowest BCUT2D eigenvalue weighted by molar-refractivity contribution is -0.232. The van der Waals surface area contributed by atoms with E-state index >= 15 is 0 Å². The zero-order valence-corrected chi connectivity index (χ0v) is 17.2. The predicted molar refractivity (Wildman–Crippen MR) is 109 cm³/mol. The molecule has 2 aromatic carbocycles. The second-order valence-corrected chi connectivity index (χ2v) is 7.98. The Balaban J connectivity index is 1.73. The standard InChI is InChI=1S/C22H25ClO7/c1-2-11-3-5-12(6-4-11)7-13-8-14(21-22(16(13)23)29-10-28-21)20-19(27)18(26)17(25)15(9-24)30-20/h3-6,8,15,17-20,24-27H,2,7,9-10H2,1H3/t15-,17-,18+,19-,20+/m0/s1. The zero-order chi connectivity index (χ0) is 21.4. The largest absolute Gasteiger partial charge is 0.453 e. The minimum Gasteiger partial charge on any atom is -0.453 e. The Bertz CT molecular complexity index is 899. The van der Waals surface area contributed by atoms with Gasteiger partial charge in [0.1, 0.15) is 30.5 Å². The molecule has 0 spiro atoms. The molecule has 8 heteroatoms. The van der Waals surface area contributed by atoms with Gasteiger partial charge in [-0.15, -0.1) is 0 Å². The second-order valence-electron chi connectivity index (χ2n) is 7.60. The summed E-state index contributed by atoms with van der Waals surface area (Å²) in [5, 5.41) is 40.8. The van der Waals surface area contributed by atoms with Crippen LogP contribution in [0.2, 0.25) is 5.02 Å². The van der Waals surface area contributed by atoms with E-state index in [0.717, 1.165) is 17.5 Å². The Hall–Kier alpha value is -1.87. The highest BCUT2D eigenvalue weighted by atomic mass is 35.5. The van der Waals surface area contributed by atoms with Gasteiger partial charge < -0.3 is 34.6 Å². The minimum atomic E-state index is -1.49. The first-order valence-electron chi connectivity index (χ1n) is 9.93. The molecule has 0 aromatic heterocycles. The molecular weight excluding hydrogens is 412 g/mol. The number of ether oxygens (including phenoxy) is 3. The summed E-state index contributed by atoms with van der Waals surface area (Å²) < 4.78 is 16.9. The van der Waals surface area contributed by atoms with Gasteiger partial charge in [-0.05, 0) is 35.6 Å². The third-order valence-electron chi connectivity index (χ3n) is 5.71. The van der Waals surface area contributed by atoms with Gasteiger partial charge in [0.25, 0.3) is 0 Å². The number of benzene rings is 2. The van der Waals surface area contributed by atoms with E-state index < -0.39 is 37.1 Å². The van der Waals surface area contributed by atoms with Crippen LogP contribution in [0.4, 0.5) is 0 Å². The van der Waals surface area contributed by atoms with Crippen LogP contribution in [-0.4, -0.2) is 58.2 Å². The minimum absolute atomic E-state index is 0.0336. The lowest BCUT2D eigenvalue weighted by Crippen LogP contribution is -2.55. The molecule has 30 heavy (non-hydrogen) atoms. The number of rotatable bonds is 5. The summed E-state index contributed by atoms with van der Waals surface area (Å²) in [6.07, 6.45) is -4.93. The van der Waals surface area contributed by atoms with Crippen molar-refractivity contribution in [1.29, 1.82) is 0 Å². The smallest absolute Gasteiger partial charge is 0.231 e. The molecule has 0 bridgehead atoms. The maximum atomic E-state index is 10.6. The van der Waals surface area contributed by atoms with Crippen LogP contribution >= 0.6 is 11.6 Å². The summed E-state index contributed by atoms with van der Waals surface area (Å²) in [5.41, 5.74) is 3.48. The highest BCUT2D eigenvalue weighted by molar-refractivity contribution is 6.33. The molecular formula is C22H25ClO7. The molecule has 0 amide bonds. The molecule has 5 atom stereocenters. The molecule has 7 nitrogen and oxygen atoms in total. The molecule has 0 radical (unpaired) electrons. The van der Waals surface area contributed by atoms with E-state index in [-0.39, 0.29) is 6.79 Å². The topological polar surface area (TPSA) is 109 Å². The molecule has 162 valence electrons. The van der Waals surface area contributed by atoms with Crippen molar-refractivity contribution < 1.29 is 34.6 Å². The summed E-state index contributed by atoms with van der Waals surface area (Å²) in [7, 11) is 0. The third kappa shape index (κ3) is 3.77. The van der Waals surface area contributed by atoms with E-state index in [1.165, 1.54) is 5.56 Å². The predicted octanol–water partition coefficient (Wildman–Crippen LogP) is 1.74. The normalized spacial score (nSPS) is 28.0. The summed E-state index contributed by atoms with van der Waals surface area (Å²) >= 11 is 6.58. The van der Waals surface area contributed by atoms with E-state index in [1.54, 1.807) is 6.07 Å². The maximum Gasteiger partial charge on any atom is 0.231 e. The molecule has 2 aliphatic rings. The first kappa shape index (κ1) is 21.4. The quantitative estimate of drug-likeness (QED) is 0.565. The van der Waals surface area contributed by atoms with Crippen molar-refractivity contribution in [3.8, 4) is 11.5 Å². The molecule has 1 fully saturated rings. The van der Waals surface area contributed by atoms with E-state index in [2.05, 4.69) is 19.1 Å². The van der Waals surface area contributed by atoms with Gasteiger partial charge in [-0.2, -0.15) is 0 Å². The number of fused-ring (bicyclic) bond motifs is 1. The van der Waals surface area contributed by atoms with Crippen molar-refractivity contribution in [2.24, 2.45) is 0 Å². The Kier molecular flexibility index (Phi) is 6.20. The number of aliphatic hydroxyl groups is 4. The van der Waals surface area contributed by atoms with Gasteiger partial charge in [0.05, 0.1) is 11.6 Å². The monoisotopic (exact) mass is 436 g/mol. The fourth-order valence-electron chi connectivity index (χ4n) is 3.93. The van der Waals surface area contributed by atoms with Crippen LogP contribution in [0.1, 0.15) is 35.3 Å². The molecule has 4 rings (SSSR count). The molecule has 2 aliphatic heterocycles. The van der Waals surface area contributed by atoms with Crippen molar-refractivity contribution in [3.05, 3.63) is 57.6 Å². The molecule has 2 heterocycles. The number of aliphatic hydroxyl groups excluding tert-OH is 4. The van der Waals surface area contributed by atoms with E-state index in [9.17, 15) is 20.4 Å².